The molecule has 0 aromatic carbocycles. The van der Waals surface area contributed by atoms with Gasteiger partial charge >= 0.3 is 0 Å². The van der Waals surface area contributed by atoms with Crippen molar-refractivity contribution < 1.29 is 9.53 Å². The second-order valence-corrected chi connectivity index (χ2v) is 3.01. The van der Waals surface area contributed by atoms with Crippen LogP contribution in [0.3, 0.4) is 0 Å². The van der Waals surface area contributed by atoms with Crippen molar-refractivity contribution in [2.75, 3.05) is 13.7 Å². The van der Waals surface area contributed by atoms with Gasteiger partial charge in [0.2, 0.25) is 0 Å². The Hall–Kier alpha value is -1.35. The number of hydrogen-bond acceptors (Lipinski definition) is 2. The number of allylic oxidation sites excluding steroid dienone is 1. The number of nitrogens with zero attached hydrogens (tertiary/aromatic N) is 1. The number of hydrogen-bond donors (Lipinski definition) is 0. The second kappa shape index (κ2) is 5.40. The quantitative estimate of drug-likeness (QED) is 0.508. The lowest BCUT2D eigenvalue weighted by molar-refractivity contribution is 0.111. The van der Waals surface area contributed by atoms with Gasteiger partial charge in [-0.2, -0.15) is 0 Å². The van der Waals surface area contributed by atoms with Crippen molar-refractivity contribution in [1.29, 1.82) is 0 Å². The van der Waals surface area contributed by atoms with E-state index in [1.54, 1.807) is 13.2 Å². The summed E-state index contributed by atoms with van der Waals surface area (Å²) < 4.78 is 6.94. The predicted octanol–water partition coefficient (Wildman–Crippen LogP) is 1.68. The highest BCUT2D eigenvalue weighted by atomic mass is 16.5. The van der Waals surface area contributed by atoms with Gasteiger partial charge in [0, 0.05) is 25.8 Å². The lowest BCUT2D eigenvalue weighted by atomic mass is 10.3. The molecule has 1 rings (SSSR count). The summed E-state index contributed by atoms with van der Waals surface area (Å²) in [5.74, 6) is 0. The van der Waals surface area contributed by atoms with Gasteiger partial charge in [0.1, 0.15) is 0 Å². The molecule has 0 saturated heterocycles. The van der Waals surface area contributed by atoms with E-state index in [1.165, 1.54) is 0 Å². The van der Waals surface area contributed by atoms with E-state index in [2.05, 4.69) is 6.58 Å². The molecule has 0 fully saturated rings. The zero-order valence-corrected chi connectivity index (χ0v) is 8.40. The van der Waals surface area contributed by atoms with E-state index < -0.39 is 0 Å². The normalized spacial score (nSPS) is 10.1. The van der Waals surface area contributed by atoms with Crippen molar-refractivity contribution in [3.05, 3.63) is 36.2 Å². The third-order valence-corrected chi connectivity index (χ3v) is 2.10. The Morgan fingerprint density at radius 1 is 1.57 bits per heavy atom. The molecule has 0 unspecified atom stereocenters. The number of carbonyl (C=O) groups excluding carboxylic acids is 1. The van der Waals surface area contributed by atoms with Crippen molar-refractivity contribution in [1.82, 2.24) is 4.57 Å². The zero-order valence-electron chi connectivity index (χ0n) is 8.40. The molecule has 0 aliphatic rings. The third-order valence-electron chi connectivity index (χ3n) is 2.10. The van der Waals surface area contributed by atoms with Gasteiger partial charge in [0.05, 0.1) is 12.3 Å². The number of ether oxygens (including phenoxy) is 1. The van der Waals surface area contributed by atoms with Crippen molar-refractivity contribution in [3.8, 4) is 0 Å². The van der Waals surface area contributed by atoms with Crippen molar-refractivity contribution >= 4 is 6.29 Å². The minimum Gasteiger partial charge on any atom is -0.384 e. The molecule has 0 amide bonds. The molecule has 1 aromatic rings. The van der Waals surface area contributed by atoms with Crippen LogP contribution < -0.4 is 0 Å². The smallest absolute Gasteiger partial charge is 0.166 e. The molecular formula is C11H15NO2. The summed E-state index contributed by atoms with van der Waals surface area (Å²) in [6.45, 7) is 5.00. The summed E-state index contributed by atoms with van der Waals surface area (Å²) in [4.78, 5) is 10.7. The summed E-state index contributed by atoms with van der Waals surface area (Å²) in [5, 5.41) is 0. The molecule has 0 radical (unpaired) electrons. The fourth-order valence-corrected chi connectivity index (χ4v) is 1.41. The van der Waals surface area contributed by atoms with Gasteiger partial charge in [-0.25, -0.2) is 0 Å². The van der Waals surface area contributed by atoms with E-state index in [9.17, 15) is 4.79 Å². The summed E-state index contributed by atoms with van der Waals surface area (Å²) >= 11 is 0. The standard InChI is InChI=1S/C11H15NO2/c1-3-7-12-10(6-8-14-2)4-5-11(12)9-13/h3-5,9H,1,6-8H2,2H3. The average Bonchev–Trinajstić information content (AvgIpc) is 2.58. The van der Waals surface area contributed by atoms with Crippen LogP contribution in [0.1, 0.15) is 16.2 Å². The van der Waals surface area contributed by atoms with Crippen LogP contribution in [0.2, 0.25) is 0 Å². The lowest BCUT2D eigenvalue weighted by Gasteiger charge is -2.07. The summed E-state index contributed by atoms with van der Waals surface area (Å²) in [5.41, 5.74) is 1.80. The zero-order chi connectivity index (χ0) is 10.4. The molecule has 76 valence electrons. The third kappa shape index (κ3) is 2.33. The Morgan fingerprint density at radius 3 is 2.93 bits per heavy atom. The number of aldehydes is 1. The van der Waals surface area contributed by atoms with Crippen LogP contribution in [0.5, 0.6) is 0 Å². The van der Waals surface area contributed by atoms with Crippen LogP contribution in [0.15, 0.2) is 24.8 Å². The van der Waals surface area contributed by atoms with Gasteiger partial charge in [-0.3, -0.25) is 4.79 Å². The second-order valence-electron chi connectivity index (χ2n) is 3.01. The Kier molecular flexibility index (Phi) is 4.13. The fraction of sp³-hybridized carbons (Fsp3) is 0.364. The van der Waals surface area contributed by atoms with Crippen LogP contribution in [0.25, 0.3) is 0 Å². The Labute approximate surface area is 84.0 Å². The molecule has 3 nitrogen and oxygen atoms in total. The average molecular weight is 193 g/mol. The minimum absolute atomic E-state index is 0.666. The maximum atomic E-state index is 10.7. The molecular weight excluding hydrogens is 178 g/mol. The van der Waals surface area contributed by atoms with E-state index in [1.807, 2.05) is 16.7 Å². The summed E-state index contributed by atoms with van der Waals surface area (Å²) in [6.07, 6.45) is 3.46. The van der Waals surface area contributed by atoms with E-state index in [0.717, 1.165) is 18.4 Å². The molecule has 0 bridgehead atoms. The first kappa shape index (κ1) is 10.7. The van der Waals surface area contributed by atoms with Crippen molar-refractivity contribution in [2.45, 2.75) is 13.0 Å². The van der Waals surface area contributed by atoms with Crippen molar-refractivity contribution in [3.63, 3.8) is 0 Å². The Bertz CT molecular complexity index is 315. The number of methoxy groups -OCH3 is 1. The van der Waals surface area contributed by atoms with E-state index in [-0.39, 0.29) is 0 Å². The largest absolute Gasteiger partial charge is 0.384 e. The maximum Gasteiger partial charge on any atom is 0.166 e. The molecule has 0 N–H and O–H groups in total. The highest BCUT2D eigenvalue weighted by molar-refractivity contribution is 5.72. The molecule has 0 aliphatic heterocycles. The molecule has 14 heavy (non-hydrogen) atoms. The maximum absolute atomic E-state index is 10.7. The minimum atomic E-state index is 0.666. The van der Waals surface area contributed by atoms with E-state index in [0.29, 0.717) is 18.8 Å². The van der Waals surface area contributed by atoms with Gasteiger partial charge in [0.15, 0.2) is 6.29 Å². The molecule has 1 aromatic heterocycles. The van der Waals surface area contributed by atoms with Crippen LogP contribution in [-0.2, 0) is 17.7 Å². The van der Waals surface area contributed by atoms with Crippen LogP contribution in [0.4, 0.5) is 0 Å². The first-order chi connectivity index (χ1) is 6.83. The van der Waals surface area contributed by atoms with E-state index in [4.69, 9.17) is 4.74 Å². The molecule has 0 atom stereocenters. The highest BCUT2D eigenvalue weighted by Crippen LogP contribution is 2.08. The Morgan fingerprint density at radius 2 is 2.36 bits per heavy atom. The fourth-order valence-electron chi connectivity index (χ4n) is 1.41. The van der Waals surface area contributed by atoms with Gasteiger partial charge in [0.25, 0.3) is 0 Å². The lowest BCUT2D eigenvalue weighted by Crippen LogP contribution is -2.07. The molecule has 3 heteroatoms. The highest BCUT2D eigenvalue weighted by Gasteiger charge is 2.05. The van der Waals surface area contributed by atoms with Gasteiger partial charge < -0.3 is 9.30 Å². The number of carbonyl (C=O) groups is 1. The molecule has 0 saturated carbocycles. The molecule has 0 spiro atoms. The number of aromatic nitrogens is 1. The topological polar surface area (TPSA) is 31.2 Å². The summed E-state index contributed by atoms with van der Waals surface area (Å²) in [6, 6.07) is 3.77. The first-order valence-corrected chi connectivity index (χ1v) is 4.57. The molecule has 1 heterocycles. The van der Waals surface area contributed by atoms with Crippen molar-refractivity contribution in [2.24, 2.45) is 0 Å². The van der Waals surface area contributed by atoms with E-state index >= 15 is 0 Å². The van der Waals surface area contributed by atoms with Crippen LogP contribution >= 0.6 is 0 Å². The van der Waals surface area contributed by atoms with Gasteiger partial charge in [-0.05, 0) is 12.1 Å². The first-order valence-electron chi connectivity index (χ1n) is 4.57. The van der Waals surface area contributed by atoms with Crippen LogP contribution in [-0.4, -0.2) is 24.6 Å². The van der Waals surface area contributed by atoms with Crippen LogP contribution in [0, 0.1) is 0 Å². The SMILES string of the molecule is C=CCn1c(C=O)ccc1CCOC. The van der Waals surface area contributed by atoms with Gasteiger partial charge in [-0.1, -0.05) is 6.08 Å². The Balaban J connectivity index is 2.85. The molecule has 0 aliphatic carbocycles. The number of rotatable bonds is 6. The monoisotopic (exact) mass is 193 g/mol. The summed E-state index contributed by atoms with van der Waals surface area (Å²) in [7, 11) is 1.67. The predicted molar refractivity (Wildman–Crippen MR) is 55.6 cm³/mol. The van der Waals surface area contributed by atoms with Gasteiger partial charge in [-0.15, -0.1) is 6.58 Å².